The molecule has 1 fully saturated rings. The molecule has 0 spiro atoms. The van der Waals surface area contributed by atoms with E-state index >= 15 is 0 Å². The molecular weight excluding hydrogens is 378 g/mol. The molecule has 2 unspecified atom stereocenters. The zero-order valence-corrected chi connectivity index (χ0v) is 16.7. The van der Waals surface area contributed by atoms with Crippen molar-refractivity contribution in [2.75, 3.05) is 45.3 Å². The molecule has 1 aliphatic heterocycles. The minimum Gasteiger partial charge on any atom is -0.394 e. The first-order valence-electron chi connectivity index (χ1n) is 9.45. The van der Waals surface area contributed by atoms with Crippen LogP contribution in [0.25, 0.3) is 0 Å². The Morgan fingerprint density at radius 3 is 2.79 bits per heavy atom. The largest absolute Gasteiger partial charge is 0.394 e. The van der Waals surface area contributed by atoms with E-state index in [1.165, 1.54) is 19.0 Å². The van der Waals surface area contributed by atoms with Gasteiger partial charge in [0.15, 0.2) is 6.29 Å². The van der Waals surface area contributed by atoms with Crippen LogP contribution >= 0.6 is 0 Å². The zero-order chi connectivity index (χ0) is 21.4. The Labute approximate surface area is 169 Å². The highest BCUT2D eigenvalue weighted by Crippen LogP contribution is 2.23. The molecule has 0 saturated carbocycles. The van der Waals surface area contributed by atoms with Crippen molar-refractivity contribution < 1.29 is 29.0 Å². The van der Waals surface area contributed by atoms with Gasteiger partial charge in [-0.05, 0) is 24.6 Å². The molecule has 0 aliphatic carbocycles. The van der Waals surface area contributed by atoms with Crippen molar-refractivity contribution in [1.82, 2.24) is 10.2 Å². The van der Waals surface area contributed by atoms with Crippen molar-refractivity contribution in [2.24, 2.45) is 0 Å². The molecule has 29 heavy (non-hydrogen) atoms. The van der Waals surface area contributed by atoms with Gasteiger partial charge in [-0.15, -0.1) is 0 Å². The number of hydrogen-bond donors (Lipinski definition) is 2. The standard InChI is InChI=1S/C20H27N3O6/c1-21-19(27)18(4-3-8-24)22(2)20(28)17-6-5-15(10-14(17)12-25)23-7-9-29-16(11-23)13-26/h5-6,8,10,12,16,18,26H,3-4,7,9,11,13H2,1-2H3,(H,21,27). The van der Waals surface area contributed by atoms with Crippen LogP contribution in [0.5, 0.6) is 0 Å². The van der Waals surface area contributed by atoms with Crippen LogP contribution in [0.2, 0.25) is 0 Å². The van der Waals surface area contributed by atoms with E-state index in [9.17, 15) is 24.3 Å². The third-order valence-corrected chi connectivity index (χ3v) is 4.99. The summed E-state index contributed by atoms with van der Waals surface area (Å²) in [6, 6.07) is 4.09. The monoisotopic (exact) mass is 405 g/mol. The van der Waals surface area contributed by atoms with E-state index in [1.807, 2.05) is 4.90 Å². The number of likely N-dealkylation sites (N-methyl/N-ethyl adjacent to an activating group) is 2. The third kappa shape index (κ3) is 5.39. The minimum absolute atomic E-state index is 0.0972. The Bertz CT molecular complexity index is 754. The van der Waals surface area contributed by atoms with E-state index in [-0.39, 0.29) is 42.6 Å². The van der Waals surface area contributed by atoms with Crippen LogP contribution in [-0.4, -0.2) is 86.9 Å². The van der Waals surface area contributed by atoms with Gasteiger partial charge in [0.25, 0.3) is 5.91 Å². The lowest BCUT2D eigenvalue weighted by Crippen LogP contribution is -2.47. The molecule has 1 aromatic carbocycles. The van der Waals surface area contributed by atoms with Crippen molar-refractivity contribution in [3.05, 3.63) is 29.3 Å². The summed E-state index contributed by atoms with van der Waals surface area (Å²) in [4.78, 5) is 50.7. The summed E-state index contributed by atoms with van der Waals surface area (Å²) in [5.74, 6) is -0.858. The smallest absolute Gasteiger partial charge is 0.255 e. The first-order valence-corrected chi connectivity index (χ1v) is 9.45. The van der Waals surface area contributed by atoms with Crippen molar-refractivity contribution in [3.63, 3.8) is 0 Å². The molecule has 1 aliphatic rings. The Morgan fingerprint density at radius 1 is 1.41 bits per heavy atom. The maximum absolute atomic E-state index is 13.0. The van der Waals surface area contributed by atoms with Gasteiger partial charge < -0.3 is 29.8 Å². The Hall–Kier alpha value is -2.78. The molecular formula is C20H27N3O6. The quantitative estimate of drug-likeness (QED) is 0.550. The number of aldehydes is 2. The molecule has 9 heteroatoms. The number of benzene rings is 1. The molecule has 2 amide bonds. The number of carbonyl (C=O) groups is 4. The van der Waals surface area contributed by atoms with E-state index in [2.05, 4.69) is 5.32 Å². The van der Waals surface area contributed by atoms with Gasteiger partial charge in [0, 0.05) is 44.9 Å². The minimum atomic E-state index is -0.818. The van der Waals surface area contributed by atoms with Crippen LogP contribution < -0.4 is 10.2 Å². The van der Waals surface area contributed by atoms with Crippen LogP contribution in [0.4, 0.5) is 5.69 Å². The van der Waals surface area contributed by atoms with Gasteiger partial charge in [0.1, 0.15) is 12.3 Å². The van der Waals surface area contributed by atoms with Gasteiger partial charge in [0.05, 0.1) is 24.9 Å². The zero-order valence-electron chi connectivity index (χ0n) is 16.7. The van der Waals surface area contributed by atoms with Crippen molar-refractivity contribution in [1.29, 1.82) is 0 Å². The number of aliphatic hydroxyl groups excluding tert-OH is 1. The Kier molecular flexibility index (Phi) is 8.29. The second-order valence-corrected chi connectivity index (χ2v) is 6.80. The lowest BCUT2D eigenvalue weighted by Gasteiger charge is -2.34. The van der Waals surface area contributed by atoms with E-state index < -0.39 is 11.9 Å². The Balaban J connectivity index is 2.26. The van der Waals surface area contributed by atoms with Gasteiger partial charge in [-0.1, -0.05) is 0 Å². The number of rotatable bonds is 9. The molecule has 0 bridgehead atoms. The molecule has 0 radical (unpaired) electrons. The molecule has 1 saturated heterocycles. The fourth-order valence-electron chi connectivity index (χ4n) is 3.33. The Morgan fingerprint density at radius 2 is 2.17 bits per heavy atom. The molecule has 9 nitrogen and oxygen atoms in total. The highest BCUT2D eigenvalue weighted by atomic mass is 16.5. The number of hydrogen-bond acceptors (Lipinski definition) is 7. The van der Waals surface area contributed by atoms with Gasteiger partial charge in [-0.3, -0.25) is 14.4 Å². The number of nitrogens with one attached hydrogen (secondary N) is 1. The first kappa shape index (κ1) is 22.5. The van der Waals surface area contributed by atoms with E-state index in [0.717, 1.165) is 5.69 Å². The molecule has 1 aromatic rings. The fourth-order valence-corrected chi connectivity index (χ4v) is 3.33. The van der Waals surface area contributed by atoms with Crippen molar-refractivity contribution in [3.8, 4) is 0 Å². The summed E-state index contributed by atoms with van der Waals surface area (Å²) >= 11 is 0. The number of aliphatic hydroxyl groups is 1. The maximum Gasteiger partial charge on any atom is 0.255 e. The van der Waals surface area contributed by atoms with E-state index in [4.69, 9.17) is 4.74 Å². The average Bonchev–Trinajstić information content (AvgIpc) is 2.77. The molecule has 1 heterocycles. The van der Waals surface area contributed by atoms with Gasteiger partial charge >= 0.3 is 0 Å². The summed E-state index contributed by atoms with van der Waals surface area (Å²) in [5, 5.41) is 11.8. The summed E-state index contributed by atoms with van der Waals surface area (Å²) in [7, 11) is 2.94. The number of amides is 2. The number of ether oxygens (including phenoxy) is 1. The number of carbonyl (C=O) groups excluding carboxylic acids is 4. The third-order valence-electron chi connectivity index (χ3n) is 4.99. The number of morpholine rings is 1. The summed E-state index contributed by atoms with van der Waals surface area (Å²) in [6.07, 6.45) is 1.33. The predicted octanol–water partition coefficient (Wildman–Crippen LogP) is -0.138. The van der Waals surface area contributed by atoms with Crippen LogP contribution in [0, 0.1) is 0 Å². The van der Waals surface area contributed by atoms with Crippen LogP contribution in [0.15, 0.2) is 18.2 Å². The SMILES string of the molecule is CNC(=O)C(CCC=O)N(C)C(=O)c1ccc(N2CCOC(CO)C2)cc1C=O. The highest BCUT2D eigenvalue weighted by Gasteiger charge is 2.28. The molecule has 158 valence electrons. The lowest BCUT2D eigenvalue weighted by molar-refractivity contribution is -0.125. The molecule has 2 rings (SSSR count). The van der Waals surface area contributed by atoms with Gasteiger partial charge in [-0.2, -0.15) is 0 Å². The van der Waals surface area contributed by atoms with Crippen LogP contribution in [-0.2, 0) is 14.3 Å². The second kappa shape index (κ2) is 10.7. The first-order chi connectivity index (χ1) is 14.0. The normalized spacial score (nSPS) is 17.3. The van der Waals surface area contributed by atoms with Crippen molar-refractivity contribution >= 4 is 30.1 Å². The van der Waals surface area contributed by atoms with Gasteiger partial charge in [0.2, 0.25) is 5.91 Å². The average molecular weight is 405 g/mol. The summed E-state index contributed by atoms with van der Waals surface area (Å²) in [5.41, 5.74) is 1.13. The number of anilines is 1. The van der Waals surface area contributed by atoms with Crippen molar-refractivity contribution in [2.45, 2.75) is 25.0 Å². The topological polar surface area (TPSA) is 116 Å². The van der Waals surface area contributed by atoms with Crippen LogP contribution in [0.3, 0.4) is 0 Å². The predicted molar refractivity (Wildman–Crippen MR) is 106 cm³/mol. The second-order valence-electron chi connectivity index (χ2n) is 6.80. The van der Waals surface area contributed by atoms with E-state index in [1.54, 1.807) is 18.2 Å². The van der Waals surface area contributed by atoms with Gasteiger partial charge in [-0.25, -0.2) is 0 Å². The van der Waals surface area contributed by atoms with E-state index in [0.29, 0.717) is 32.3 Å². The molecule has 0 aromatic heterocycles. The molecule has 2 N–H and O–H groups in total. The maximum atomic E-state index is 13.0. The summed E-state index contributed by atoms with van der Waals surface area (Å²) in [6.45, 7) is 1.44. The fraction of sp³-hybridized carbons (Fsp3) is 0.500. The molecule has 2 atom stereocenters. The summed E-state index contributed by atoms with van der Waals surface area (Å²) < 4.78 is 5.44. The highest BCUT2D eigenvalue weighted by molar-refractivity contribution is 6.03. The number of nitrogens with zero attached hydrogens (tertiary/aromatic N) is 2. The van der Waals surface area contributed by atoms with Crippen LogP contribution in [0.1, 0.15) is 33.6 Å². The lowest BCUT2D eigenvalue weighted by atomic mass is 10.0.